The Kier molecular flexibility index (Phi) is 5.09. The number of amides is 1. The highest BCUT2D eigenvalue weighted by molar-refractivity contribution is 9.10. The molecule has 0 spiro atoms. The maximum atomic E-state index is 11.9. The average molecular weight is 370 g/mol. The van der Waals surface area contributed by atoms with Gasteiger partial charge in [0.05, 0.1) is 5.02 Å². The molecular weight excluding hydrogens is 356 g/mol. The quantitative estimate of drug-likeness (QED) is 0.800. The summed E-state index contributed by atoms with van der Waals surface area (Å²) in [6, 6.07) is 10.5. The van der Waals surface area contributed by atoms with E-state index in [0.29, 0.717) is 22.1 Å². The van der Waals surface area contributed by atoms with Crippen molar-refractivity contribution in [2.75, 3.05) is 17.7 Å². The minimum absolute atomic E-state index is 0.125. The summed E-state index contributed by atoms with van der Waals surface area (Å²) in [5.41, 5.74) is 7.92. The van der Waals surface area contributed by atoms with E-state index in [2.05, 4.69) is 21.2 Å². The second-order valence-electron chi connectivity index (χ2n) is 4.49. The predicted octanol–water partition coefficient (Wildman–Crippen LogP) is 4.01. The molecule has 1 amide bonds. The fraction of sp³-hybridized carbons (Fsp3) is 0.133. The molecule has 0 aliphatic carbocycles. The van der Waals surface area contributed by atoms with Gasteiger partial charge in [-0.1, -0.05) is 27.5 Å². The second-order valence-corrected chi connectivity index (χ2v) is 5.81. The summed E-state index contributed by atoms with van der Waals surface area (Å²) in [5, 5.41) is 3.22. The lowest BCUT2D eigenvalue weighted by molar-refractivity contribution is -0.118. The van der Waals surface area contributed by atoms with Crippen LogP contribution in [0.25, 0.3) is 0 Å². The highest BCUT2D eigenvalue weighted by atomic mass is 79.9. The number of hydrogen-bond acceptors (Lipinski definition) is 3. The number of ether oxygens (including phenoxy) is 1. The molecule has 0 aliphatic rings. The van der Waals surface area contributed by atoms with E-state index in [1.54, 1.807) is 36.4 Å². The number of hydrogen-bond donors (Lipinski definition) is 2. The Morgan fingerprint density at radius 2 is 2.10 bits per heavy atom. The summed E-state index contributed by atoms with van der Waals surface area (Å²) in [4.78, 5) is 11.9. The summed E-state index contributed by atoms with van der Waals surface area (Å²) in [5.74, 6) is 0.189. The van der Waals surface area contributed by atoms with Crippen LogP contribution in [0, 0.1) is 6.92 Å². The van der Waals surface area contributed by atoms with Crippen LogP contribution in [-0.4, -0.2) is 12.5 Å². The van der Waals surface area contributed by atoms with Crippen LogP contribution in [0.5, 0.6) is 5.75 Å². The van der Waals surface area contributed by atoms with Gasteiger partial charge in [0.2, 0.25) is 0 Å². The molecule has 0 unspecified atom stereocenters. The lowest BCUT2D eigenvalue weighted by Gasteiger charge is -2.11. The molecule has 0 fully saturated rings. The normalized spacial score (nSPS) is 10.2. The Morgan fingerprint density at radius 3 is 2.81 bits per heavy atom. The molecule has 0 aromatic heterocycles. The number of carbonyl (C=O) groups is 1. The fourth-order valence-electron chi connectivity index (χ4n) is 1.74. The van der Waals surface area contributed by atoms with E-state index in [1.165, 1.54) is 0 Å². The number of aryl methyl sites for hydroxylation is 1. The Balaban J connectivity index is 1.97. The van der Waals surface area contributed by atoms with Crippen molar-refractivity contribution >= 4 is 44.8 Å². The lowest BCUT2D eigenvalue weighted by atomic mass is 10.2. The summed E-state index contributed by atoms with van der Waals surface area (Å²) in [6.45, 7) is 1.75. The molecule has 0 saturated heterocycles. The van der Waals surface area contributed by atoms with Gasteiger partial charge in [-0.25, -0.2) is 0 Å². The number of rotatable bonds is 4. The van der Waals surface area contributed by atoms with E-state index in [4.69, 9.17) is 22.1 Å². The van der Waals surface area contributed by atoms with E-state index >= 15 is 0 Å². The standard InChI is InChI=1S/C15H14BrClN2O2/c1-9-6-11(18)3-5-13(9)19-15(20)8-21-14-7-10(16)2-4-12(14)17/h2-7H,8,18H2,1H3,(H,19,20). The number of halogens is 2. The Morgan fingerprint density at radius 1 is 1.33 bits per heavy atom. The molecule has 0 saturated carbocycles. The molecule has 0 aliphatic heterocycles. The van der Waals surface area contributed by atoms with Gasteiger partial charge in [-0.3, -0.25) is 4.79 Å². The highest BCUT2D eigenvalue weighted by Gasteiger charge is 2.08. The average Bonchev–Trinajstić information content (AvgIpc) is 2.43. The summed E-state index contributed by atoms with van der Waals surface area (Å²) in [6.07, 6.45) is 0. The number of anilines is 2. The molecule has 21 heavy (non-hydrogen) atoms. The van der Waals surface area contributed by atoms with Crippen LogP contribution in [-0.2, 0) is 4.79 Å². The predicted molar refractivity (Wildman–Crippen MR) is 88.9 cm³/mol. The molecule has 6 heteroatoms. The van der Waals surface area contributed by atoms with Gasteiger partial charge in [-0.2, -0.15) is 0 Å². The van der Waals surface area contributed by atoms with E-state index in [1.807, 2.05) is 6.92 Å². The highest BCUT2D eigenvalue weighted by Crippen LogP contribution is 2.27. The second kappa shape index (κ2) is 6.83. The Labute approximate surface area is 136 Å². The first kappa shape index (κ1) is 15.7. The zero-order valence-corrected chi connectivity index (χ0v) is 13.7. The van der Waals surface area contributed by atoms with Gasteiger partial charge in [0, 0.05) is 15.8 Å². The summed E-state index contributed by atoms with van der Waals surface area (Å²) >= 11 is 9.31. The SMILES string of the molecule is Cc1cc(N)ccc1NC(=O)COc1cc(Br)ccc1Cl. The van der Waals surface area contributed by atoms with Crippen molar-refractivity contribution in [2.24, 2.45) is 0 Å². The number of nitrogens with two attached hydrogens (primary N) is 1. The maximum absolute atomic E-state index is 11.9. The first-order valence-corrected chi connectivity index (χ1v) is 7.36. The third-order valence-electron chi connectivity index (χ3n) is 2.78. The summed E-state index contributed by atoms with van der Waals surface area (Å²) < 4.78 is 6.25. The molecule has 3 N–H and O–H groups in total. The first-order valence-electron chi connectivity index (χ1n) is 6.19. The van der Waals surface area contributed by atoms with Crippen molar-refractivity contribution in [3.8, 4) is 5.75 Å². The first-order chi connectivity index (χ1) is 9.95. The van der Waals surface area contributed by atoms with Gasteiger partial charge in [0.15, 0.2) is 6.61 Å². The Bertz CT molecular complexity index is 677. The summed E-state index contributed by atoms with van der Waals surface area (Å²) in [7, 11) is 0. The molecule has 0 radical (unpaired) electrons. The number of nitrogens with one attached hydrogen (secondary N) is 1. The molecule has 0 atom stereocenters. The third-order valence-corrected chi connectivity index (χ3v) is 3.58. The number of nitrogen functional groups attached to an aromatic ring is 1. The van der Waals surface area contributed by atoms with Crippen LogP contribution in [0.1, 0.15) is 5.56 Å². The van der Waals surface area contributed by atoms with Crippen LogP contribution in [0.3, 0.4) is 0 Å². The van der Waals surface area contributed by atoms with E-state index in [9.17, 15) is 4.79 Å². The number of benzene rings is 2. The van der Waals surface area contributed by atoms with Gasteiger partial charge in [0.25, 0.3) is 5.91 Å². The molecule has 2 aromatic rings. The van der Waals surface area contributed by atoms with Crippen molar-refractivity contribution < 1.29 is 9.53 Å². The van der Waals surface area contributed by atoms with Crippen molar-refractivity contribution in [1.82, 2.24) is 0 Å². The van der Waals surface area contributed by atoms with Gasteiger partial charge < -0.3 is 15.8 Å². The number of carbonyl (C=O) groups excluding carboxylic acids is 1. The van der Waals surface area contributed by atoms with Crippen LogP contribution < -0.4 is 15.8 Å². The molecule has 0 heterocycles. The van der Waals surface area contributed by atoms with E-state index < -0.39 is 0 Å². The van der Waals surface area contributed by atoms with E-state index in [-0.39, 0.29) is 12.5 Å². The molecule has 2 aromatic carbocycles. The van der Waals surface area contributed by atoms with Crippen molar-refractivity contribution in [3.05, 3.63) is 51.5 Å². The maximum Gasteiger partial charge on any atom is 0.262 e. The van der Waals surface area contributed by atoms with Crippen LogP contribution in [0.2, 0.25) is 5.02 Å². The van der Waals surface area contributed by atoms with Crippen LogP contribution >= 0.6 is 27.5 Å². The fourth-order valence-corrected chi connectivity index (χ4v) is 2.26. The zero-order valence-electron chi connectivity index (χ0n) is 11.3. The molecule has 0 bridgehead atoms. The van der Waals surface area contributed by atoms with Gasteiger partial charge in [-0.05, 0) is 48.9 Å². The smallest absolute Gasteiger partial charge is 0.262 e. The van der Waals surface area contributed by atoms with Gasteiger partial charge in [0.1, 0.15) is 5.75 Å². The molecule has 110 valence electrons. The lowest BCUT2D eigenvalue weighted by Crippen LogP contribution is -2.20. The van der Waals surface area contributed by atoms with Crippen molar-refractivity contribution in [3.63, 3.8) is 0 Å². The monoisotopic (exact) mass is 368 g/mol. The van der Waals surface area contributed by atoms with Crippen LogP contribution in [0.4, 0.5) is 11.4 Å². The topological polar surface area (TPSA) is 64.3 Å². The zero-order chi connectivity index (χ0) is 15.4. The minimum atomic E-state index is -0.265. The van der Waals surface area contributed by atoms with Gasteiger partial charge >= 0.3 is 0 Å². The minimum Gasteiger partial charge on any atom is -0.482 e. The van der Waals surface area contributed by atoms with Crippen molar-refractivity contribution in [2.45, 2.75) is 6.92 Å². The molecule has 2 rings (SSSR count). The van der Waals surface area contributed by atoms with E-state index in [0.717, 1.165) is 10.0 Å². The van der Waals surface area contributed by atoms with Crippen molar-refractivity contribution in [1.29, 1.82) is 0 Å². The molecule has 4 nitrogen and oxygen atoms in total. The van der Waals surface area contributed by atoms with Gasteiger partial charge in [-0.15, -0.1) is 0 Å². The molecular formula is C15H14BrClN2O2. The van der Waals surface area contributed by atoms with Crippen LogP contribution in [0.15, 0.2) is 40.9 Å². The largest absolute Gasteiger partial charge is 0.482 e. The Hall–Kier alpha value is -1.72. The third kappa shape index (κ3) is 4.37.